The maximum Gasteiger partial charge on any atom is 0.159 e. The van der Waals surface area contributed by atoms with Crippen LogP contribution < -0.4 is 4.90 Å². The third-order valence-electron chi connectivity index (χ3n) is 7.14. The van der Waals surface area contributed by atoms with E-state index in [4.69, 9.17) is 4.42 Å². The number of furan rings is 1. The van der Waals surface area contributed by atoms with Crippen molar-refractivity contribution in [1.82, 2.24) is 0 Å². The average molecular weight is 508 g/mol. The molecule has 182 valence electrons. The molecule has 0 radical (unpaired) electrons. The van der Waals surface area contributed by atoms with E-state index in [0.29, 0.717) is 0 Å². The van der Waals surface area contributed by atoms with Crippen LogP contribution in [0.3, 0.4) is 0 Å². The lowest BCUT2D eigenvalue weighted by Crippen LogP contribution is -2.10. The Balaban J connectivity index is 1.62. The fraction of sp³-hybridized carbons (Fsp3) is 0.0286. The van der Waals surface area contributed by atoms with E-state index >= 15 is 0 Å². The number of anilines is 3. The monoisotopic (exact) mass is 507 g/mol. The summed E-state index contributed by atoms with van der Waals surface area (Å²) in [6.45, 7) is 6.04. The van der Waals surface area contributed by atoms with E-state index in [0.717, 1.165) is 39.4 Å². The van der Waals surface area contributed by atoms with Crippen LogP contribution in [0.1, 0.15) is 18.2 Å². The van der Waals surface area contributed by atoms with Gasteiger partial charge in [0.15, 0.2) is 5.58 Å². The maximum atomic E-state index is 6.50. The van der Waals surface area contributed by atoms with Crippen LogP contribution in [0, 0.1) is 0 Å². The van der Waals surface area contributed by atoms with Crippen LogP contribution in [0.5, 0.6) is 0 Å². The van der Waals surface area contributed by atoms with Gasteiger partial charge >= 0.3 is 0 Å². The van der Waals surface area contributed by atoms with Crippen LogP contribution in [-0.2, 0) is 0 Å². The molecule has 0 aliphatic rings. The molecule has 2 nitrogen and oxygen atoms in total. The lowest BCUT2D eigenvalue weighted by molar-refractivity contribution is 0.604. The highest BCUT2D eigenvalue weighted by Gasteiger charge is 2.23. The Bertz CT molecular complexity index is 2010. The molecule has 0 bridgehead atoms. The Hall–Kier alpha value is -4.60. The molecule has 0 spiro atoms. The number of hydrogen-bond acceptors (Lipinski definition) is 3. The van der Waals surface area contributed by atoms with Crippen molar-refractivity contribution in [3.05, 3.63) is 127 Å². The number of hydrogen-bond donors (Lipinski definition) is 0. The van der Waals surface area contributed by atoms with Gasteiger partial charge in [0.05, 0.1) is 11.4 Å². The zero-order chi connectivity index (χ0) is 25.6. The summed E-state index contributed by atoms with van der Waals surface area (Å²) in [5.74, 6) is 0.780. The fourth-order valence-electron chi connectivity index (χ4n) is 5.51. The van der Waals surface area contributed by atoms with Crippen molar-refractivity contribution >= 4 is 82.5 Å². The van der Waals surface area contributed by atoms with E-state index < -0.39 is 0 Å². The van der Waals surface area contributed by atoms with Crippen molar-refractivity contribution in [2.24, 2.45) is 0 Å². The second-order valence-corrected chi connectivity index (χ2v) is 10.4. The minimum atomic E-state index is 0.780. The SMILES string of the molecule is C=Cc1oc2c(N(c3ccccc3)c3cc4c5ccccc5sc4c4ccccc34)cccc2c1/C=C\C. The Morgan fingerprint density at radius 2 is 1.42 bits per heavy atom. The summed E-state index contributed by atoms with van der Waals surface area (Å²) in [6, 6.07) is 36.7. The molecule has 0 amide bonds. The summed E-state index contributed by atoms with van der Waals surface area (Å²) in [5, 5.41) is 6.09. The summed E-state index contributed by atoms with van der Waals surface area (Å²) in [7, 11) is 0. The van der Waals surface area contributed by atoms with Gasteiger partial charge < -0.3 is 9.32 Å². The lowest BCUT2D eigenvalue weighted by atomic mass is 10.0. The van der Waals surface area contributed by atoms with Gasteiger partial charge in [-0.25, -0.2) is 0 Å². The lowest BCUT2D eigenvalue weighted by Gasteiger charge is -2.27. The predicted molar refractivity (Wildman–Crippen MR) is 166 cm³/mol. The van der Waals surface area contributed by atoms with Crippen molar-refractivity contribution < 1.29 is 4.42 Å². The van der Waals surface area contributed by atoms with Crippen LogP contribution in [0.25, 0.3) is 54.1 Å². The average Bonchev–Trinajstić information content (AvgIpc) is 3.53. The summed E-state index contributed by atoms with van der Waals surface area (Å²) < 4.78 is 9.12. The third-order valence-corrected chi connectivity index (χ3v) is 8.36. The van der Waals surface area contributed by atoms with Gasteiger partial charge in [0, 0.05) is 47.6 Å². The van der Waals surface area contributed by atoms with Gasteiger partial charge in [-0.2, -0.15) is 0 Å². The van der Waals surface area contributed by atoms with Gasteiger partial charge in [-0.05, 0) is 43.3 Å². The van der Waals surface area contributed by atoms with E-state index in [-0.39, 0.29) is 0 Å². The van der Waals surface area contributed by atoms with E-state index in [1.54, 1.807) is 6.08 Å². The maximum absolute atomic E-state index is 6.50. The zero-order valence-corrected chi connectivity index (χ0v) is 21.8. The summed E-state index contributed by atoms with van der Waals surface area (Å²) >= 11 is 1.86. The minimum Gasteiger partial charge on any atom is -0.454 e. The first kappa shape index (κ1) is 22.6. The van der Waals surface area contributed by atoms with Gasteiger partial charge in [0.25, 0.3) is 0 Å². The molecule has 0 unspecified atom stereocenters. The van der Waals surface area contributed by atoms with Gasteiger partial charge in [-0.1, -0.05) is 91.5 Å². The van der Waals surface area contributed by atoms with E-state index in [2.05, 4.69) is 121 Å². The summed E-state index contributed by atoms with van der Waals surface area (Å²) in [5.41, 5.74) is 5.10. The molecule has 0 aliphatic carbocycles. The molecule has 0 aliphatic heterocycles. The van der Waals surface area contributed by atoms with Gasteiger partial charge in [0.2, 0.25) is 0 Å². The number of allylic oxidation sites excluding steroid dienone is 1. The van der Waals surface area contributed by atoms with Crippen molar-refractivity contribution in [1.29, 1.82) is 0 Å². The Morgan fingerprint density at radius 3 is 2.21 bits per heavy atom. The molecule has 2 aromatic heterocycles. The molecule has 0 N–H and O–H groups in total. The molecule has 0 fully saturated rings. The molecule has 7 aromatic rings. The quantitative estimate of drug-likeness (QED) is 0.230. The van der Waals surface area contributed by atoms with Crippen LogP contribution in [0.4, 0.5) is 17.1 Å². The largest absolute Gasteiger partial charge is 0.454 e. The Kier molecular flexibility index (Phi) is 5.38. The molecular formula is C35H25NOS. The third kappa shape index (κ3) is 3.40. The van der Waals surface area contributed by atoms with Crippen LogP contribution >= 0.6 is 11.3 Å². The highest BCUT2D eigenvalue weighted by atomic mass is 32.1. The molecule has 3 heteroatoms. The minimum absolute atomic E-state index is 0.780. The van der Waals surface area contributed by atoms with Crippen molar-refractivity contribution in [2.45, 2.75) is 6.92 Å². The number of fused-ring (bicyclic) bond motifs is 6. The molecular weight excluding hydrogens is 482 g/mol. The number of rotatable bonds is 5. The Morgan fingerprint density at radius 1 is 0.711 bits per heavy atom. The van der Waals surface area contributed by atoms with Crippen LogP contribution in [-0.4, -0.2) is 0 Å². The van der Waals surface area contributed by atoms with Crippen LogP contribution in [0.15, 0.2) is 120 Å². The molecule has 7 rings (SSSR count). The number of para-hydroxylation sites is 2. The molecule has 0 atom stereocenters. The van der Waals surface area contributed by atoms with Gasteiger partial charge in [-0.15, -0.1) is 11.3 Å². The summed E-state index contributed by atoms with van der Waals surface area (Å²) in [4.78, 5) is 2.34. The first-order valence-electron chi connectivity index (χ1n) is 12.8. The smallest absolute Gasteiger partial charge is 0.159 e. The zero-order valence-electron chi connectivity index (χ0n) is 21.0. The second kappa shape index (κ2) is 9.05. The number of benzene rings is 5. The second-order valence-electron chi connectivity index (χ2n) is 9.33. The fourth-order valence-corrected chi connectivity index (χ4v) is 6.73. The first-order chi connectivity index (χ1) is 18.8. The van der Waals surface area contributed by atoms with E-state index in [1.807, 2.05) is 24.3 Å². The predicted octanol–water partition coefficient (Wildman–Crippen LogP) is 11.1. The van der Waals surface area contributed by atoms with Gasteiger partial charge in [0.1, 0.15) is 5.76 Å². The van der Waals surface area contributed by atoms with E-state index in [1.165, 1.54) is 30.9 Å². The first-order valence-corrected chi connectivity index (χ1v) is 13.6. The number of nitrogens with zero attached hydrogens (tertiary/aromatic N) is 1. The van der Waals surface area contributed by atoms with Gasteiger partial charge in [-0.3, -0.25) is 0 Å². The highest BCUT2D eigenvalue weighted by Crippen LogP contribution is 2.48. The molecule has 5 aromatic carbocycles. The standard InChI is InChI=1S/C35H25NOS/c1-3-13-25-27-19-12-20-30(34(27)37-32(25)4-2)36(23-14-6-5-7-15-23)31-22-29-26-17-10-11-21-33(26)38-35(29)28-18-9-8-16-24(28)31/h3-22H,2H2,1H3/b13-3-. The molecule has 2 heterocycles. The highest BCUT2D eigenvalue weighted by molar-refractivity contribution is 7.26. The van der Waals surface area contributed by atoms with Crippen LogP contribution in [0.2, 0.25) is 0 Å². The number of thiophene rings is 1. The Labute approximate surface area is 225 Å². The van der Waals surface area contributed by atoms with Crippen molar-refractivity contribution in [3.63, 3.8) is 0 Å². The van der Waals surface area contributed by atoms with Crippen molar-refractivity contribution in [2.75, 3.05) is 4.90 Å². The molecule has 0 saturated heterocycles. The normalized spacial score (nSPS) is 11.8. The topological polar surface area (TPSA) is 16.4 Å². The van der Waals surface area contributed by atoms with Crippen molar-refractivity contribution in [3.8, 4) is 0 Å². The van der Waals surface area contributed by atoms with E-state index in [9.17, 15) is 0 Å². The molecule has 0 saturated carbocycles. The summed E-state index contributed by atoms with van der Waals surface area (Å²) in [6.07, 6.45) is 5.94. The molecule has 38 heavy (non-hydrogen) atoms.